The Bertz CT molecular complexity index is 828. The zero-order valence-corrected chi connectivity index (χ0v) is 11.7. The second kappa shape index (κ2) is 6.08. The highest BCUT2D eigenvalue weighted by atomic mass is 32.2. The van der Waals surface area contributed by atoms with Gasteiger partial charge in [-0.1, -0.05) is 24.3 Å². The van der Waals surface area contributed by atoms with Gasteiger partial charge < -0.3 is 4.18 Å². The Hall–Kier alpha value is -2.83. The van der Waals surface area contributed by atoms with E-state index >= 15 is 0 Å². The first-order chi connectivity index (χ1) is 10.1. The SMILES string of the molecule is N#CCc1ccc(OS(=O)(=O)c2ccccc2C#N)cc1. The molecule has 0 aliphatic carbocycles. The minimum Gasteiger partial charge on any atom is -0.379 e. The molecule has 0 amide bonds. The summed E-state index contributed by atoms with van der Waals surface area (Å²) in [6.07, 6.45) is 0.240. The van der Waals surface area contributed by atoms with Gasteiger partial charge in [0.15, 0.2) is 0 Å². The molecule has 2 aromatic rings. The van der Waals surface area contributed by atoms with Crippen LogP contribution in [0.2, 0.25) is 0 Å². The van der Waals surface area contributed by atoms with E-state index in [9.17, 15) is 8.42 Å². The smallest absolute Gasteiger partial charge is 0.340 e. The van der Waals surface area contributed by atoms with Crippen molar-refractivity contribution in [2.75, 3.05) is 0 Å². The summed E-state index contributed by atoms with van der Waals surface area (Å²) in [5, 5.41) is 17.5. The Kier molecular flexibility index (Phi) is 4.22. The van der Waals surface area contributed by atoms with Crippen LogP contribution < -0.4 is 4.18 Å². The van der Waals surface area contributed by atoms with Crippen LogP contribution in [0.4, 0.5) is 0 Å². The van der Waals surface area contributed by atoms with E-state index in [0.29, 0.717) is 0 Å². The lowest BCUT2D eigenvalue weighted by molar-refractivity contribution is 0.485. The third-order valence-corrected chi connectivity index (χ3v) is 4.00. The summed E-state index contributed by atoms with van der Waals surface area (Å²) in [4.78, 5) is -0.173. The Labute approximate surface area is 122 Å². The van der Waals surface area contributed by atoms with Crippen LogP contribution in [0.1, 0.15) is 11.1 Å². The molecule has 2 aromatic carbocycles. The molecule has 104 valence electrons. The molecule has 0 spiro atoms. The van der Waals surface area contributed by atoms with Crippen LogP contribution in [0, 0.1) is 22.7 Å². The van der Waals surface area contributed by atoms with Crippen molar-refractivity contribution in [2.45, 2.75) is 11.3 Å². The number of nitrogens with zero attached hydrogens (tertiary/aromatic N) is 2. The van der Waals surface area contributed by atoms with E-state index in [2.05, 4.69) is 0 Å². The van der Waals surface area contributed by atoms with Gasteiger partial charge in [-0.2, -0.15) is 18.9 Å². The van der Waals surface area contributed by atoms with E-state index in [4.69, 9.17) is 14.7 Å². The van der Waals surface area contributed by atoms with Crippen LogP contribution in [-0.2, 0) is 16.5 Å². The van der Waals surface area contributed by atoms with Crippen LogP contribution in [0.5, 0.6) is 5.75 Å². The highest BCUT2D eigenvalue weighted by Crippen LogP contribution is 2.21. The third kappa shape index (κ3) is 3.38. The Morgan fingerprint density at radius 3 is 2.29 bits per heavy atom. The van der Waals surface area contributed by atoms with Crippen molar-refractivity contribution in [1.82, 2.24) is 0 Å². The van der Waals surface area contributed by atoms with Crippen LogP contribution in [0.3, 0.4) is 0 Å². The molecule has 0 saturated heterocycles. The lowest BCUT2D eigenvalue weighted by Gasteiger charge is -2.08. The molecule has 21 heavy (non-hydrogen) atoms. The summed E-state index contributed by atoms with van der Waals surface area (Å²) in [6, 6.07) is 15.8. The van der Waals surface area contributed by atoms with Gasteiger partial charge in [0, 0.05) is 0 Å². The Morgan fingerprint density at radius 2 is 1.67 bits per heavy atom. The van der Waals surface area contributed by atoms with Crippen molar-refractivity contribution < 1.29 is 12.6 Å². The third-order valence-electron chi connectivity index (χ3n) is 2.69. The van der Waals surface area contributed by atoms with Gasteiger partial charge in [-0.25, -0.2) is 0 Å². The fourth-order valence-electron chi connectivity index (χ4n) is 1.70. The summed E-state index contributed by atoms with van der Waals surface area (Å²) in [5.74, 6) is 0.129. The molecule has 0 atom stereocenters. The van der Waals surface area contributed by atoms with Crippen molar-refractivity contribution in [1.29, 1.82) is 10.5 Å². The van der Waals surface area contributed by atoms with E-state index in [-0.39, 0.29) is 22.6 Å². The average molecular weight is 298 g/mol. The number of benzene rings is 2. The van der Waals surface area contributed by atoms with Crippen molar-refractivity contribution >= 4 is 10.1 Å². The first kappa shape index (κ1) is 14.6. The molecule has 2 rings (SSSR count). The summed E-state index contributed by atoms with van der Waals surface area (Å²) in [5.41, 5.74) is 0.790. The zero-order chi connectivity index (χ0) is 15.3. The second-order valence-corrected chi connectivity index (χ2v) is 5.64. The van der Waals surface area contributed by atoms with E-state index < -0.39 is 10.1 Å². The maximum atomic E-state index is 12.2. The van der Waals surface area contributed by atoms with Gasteiger partial charge in [0.2, 0.25) is 0 Å². The Morgan fingerprint density at radius 1 is 1.00 bits per heavy atom. The van der Waals surface area contributed by atoms with Crippen molar-refractivity contribution in [3.63, 3.8) is 0 Å². The number of nitriles is 2. The standard InChI is InChI=1S/C15H10N2O3S/c16-10-9-12-5-7-14(8-6-12)20-21(18,19)15-4-2-1-3-13(15)11-17/h1-8H,9H2. The average Bonchev–Trinajstić information content (AvgIpc) is 2.49. The molecule has 0 N–H and O–H groups in total. The van der Waals surface area contributed by atoms with Gasteiger partial charge in [-0.15, -0.1) is 0 Å². The van der Waals surface area contributed by atoms with E-state index in [0.717, 1.165) is 5.56 Å². The second-order valence-electron chi connectivity index (χ2n) is 4.12. The molecule has 0 aliphatic heterocycles. The quantitative estimate of drug-likeness (QED) is 0.808. The molecule has 6 heteroatoms. The van der Waals surface area contributed by atoms with Gasteiger partial charge >= 0.3 is 10.1 Å². The van der Waals surface area contributed by atoms with Gasteiger partial charge in [0.05, 0.1) is 18.1 Å². The predicted molar refractivity (Wildman–Crippen MR) is 74.7 cm³/mol. The molecule has 5 nitrogen and oxygen atoms in total. The summed E-state index contributed by atoms with van der Waals surface area (Å²) >= 11 is 0. The van der Waals surface area contributed by atoms with E-state index in [1.54, 1.807) is 18.2 Å². The normalized spacial score (nSPS) is 10.4. The summed E-state index contributed by atoms with van der Waals surface area (Å²) in [7, 11) is -4.07. The number of rotatable bonds is 4. The predicted octanol–water partition coefficient (Wildman–Crippen LogP) is 2.39. The van der Waals surface area contributed by atoms with Gasteiger partial charge in [-0.3, -0.25) is 0 Å². The van der Waals surface area contributed by atoms with Crippen LogP contribution in [-0.4, -0.2) is 8.42 Å². The lowest BCUT2D eigenvalue weighted by atomic mass is 10.2. The molecule has 0 bridgehead atoms. The molecular weight excluding hydrogens is 288 g/mol. The number of hydrogen-bond donors (Lipinski definition) is 0. The van der Waals surface area contributed by atoms with Gasteiger partial charge in [0.1, 0.15) is 16.7 Å². The highest BCUT2D eigenvalue weighted by molar-refractivity contribution is 7.87. The minimum absolute atomic E-state index is 0.0265. The molecular formula is C15H10N2O3S. The Balaban J connectivity index is 2.30. The molecule has 0 unspecified atom stereocenters. The first-order valence-corrected chi connectivity index (χ1v) is 7.37. The van der Waals surface area contributed by atoms with Crippen molar-refractivity contribution in [3.05, 3.63) is 59.7 Å². The van der Waals surface area contributed by atoms with Crippen LogP contribution in [0.25, 0.3) is 0 Å². The van der Waals surface area contributed by atoms with Gasteiger partial charge in [0.25, 0.3) is 0 Å². The molecule has 0 fully saturated rings. The molecule has 0 saturated carbocycles. The lowest BCUT2D eigenvalue weighted by Crippen LogP contribution is -2.11. The van der Waals surface area contributed by atoms with Crippen LogP contribution in [0.15, 0.2) is 53.4 Å². The van der Waals surface area contributed by atoms with Crippen molar-refractivity contribution in [3.8, 4) is 17.9 Å². The topological polar surface area (TPSA) is 90.9 Å². The summed E-state index contributed by atoms with van der Waals surface area (Å²) in [6.45, 7) is 0. The van der Waals surface area contributed by atoms with Crippen molar-refractivity contribution in [2.24, 2.45) is 0 Å². The maximum absolute atomic E-state index is 12.2. The zero-order valence-electron chi connectivity index (χ0n) is 10.9. The highest BCUT2D eigenvalue weighted by Gasteiger charge is 2.20. The fraction of sp³-hybridized carbons (Fsp3) is 0.0667. The molecule has 0 aliphatic rings. The molecule has 0 radical (unpaired) electrons. The molecule has 0 aromatic heterocycles. The minimum atomic E-state index is -4.07. The number of hydrogen-bond acceptors (Lipinski definition) is 5. The van der Waals surface area contributed by atoms with Crippen LogP contribution >= 0.6 is 0 Å². The largest absolute Gasteiger partial charge is 0.379 e. The fourth-order valence-corrected chi connectivity index (χ4v) is 2.79. The van der Waals surface area contributed by atoms with Gasteiger partial charge in [-0.05, 0) is 29.8 Å². The molecule has 0 heterocycles. The first-order valence-electron chi connectivity index (χ1n) is 5.96. The van der Waals surface area contributed by atoms with E-state index in [1.807, 2.05) is 12.1 Å². The monoisotopic (exact) mass is 298 g/mol. The maximum Gasteiger partial charge on any atom is 0.340 e. The van der Waals surface area contributed by atoms with E-state index in [1.165, 1.54) is 30.3 Å². The summed E-state index contributed by atoms with van der Waals surface area (Å²) < 4.78 is 29.3.